The number of amides is 1. The molecule has 1 atom stereocenters. The predicted octanol–water partition coefficient (Wildman–Crippen LogP) is 4.41. The van der Waals surface area contributed by atoms with Crippen LogP contribution in [0.1, 0.15) is 61.3 Å². The number of esters is 1. The summed E-state index contributed by atoms with van der Waals surface area (Å²) in [5, 5.41) is 3.37. The Morgan fingerprint density at radius 2 is 2.00 bits per heavy atom. The molecular weight excluding hydrogens is 452 g/mol. The van der Waals surface area contributed by atoms with Gasteiger partial charge in [-0.15, -0.1) is 0 Å². The van der Waals surface area contributed by atoms with Gasteiger partial charge >= 0.3 is 5.97 Å². The molecule has 0 bridgehead atoms. The van der Waals surface area contributed by atoms with Crippen LogP contribution in [0.3, 0.4) is 0 Å². The van der Waals surface area contributed by atoms with Crippen LogP contribution in [0.5, 0.6) is 0 Å². The van der Waals surface area contributed by atoms with Crippen molar-refractivity contribution in [2.45, 2.75) is 57.3 Å². The Morgan fingerprint density at radius 3 is 2.75 bits per heavy atom. The molecule has 2 aliphatic rings. The number of pyridine rings is 1. The zero-order chi connectivity index (χ0) is 25.5. The fourth-order valence-electron chi connectivity index (χ4n) is 5.40. The average molecular weight is 493 g/mol. The molecule has 36 heavy (non-hydrogen) atoms. The summed E-state index contributed by atoms with van der Waals surface area (Å²) >= 11 is 0. The van der Waals surface area contributed by atoms with Crippen LogP contribution in [0.15, 0.2) is 36.4 Å². The summed E-state index contributed by atoms with van der Waals surface area (Å²) in [5.74, 6) is 1.64. The van der Waals surface area contributed by atoms with Gasteiger partial charge in [0, 0.05) is 51.5 Å². The summed E-state index contributed by atoms with van der Waals surface area (Å²) in [6.07, 6.45) is 6.65. The minimum absolute atomic E-state index is 0.119. The van der Waals surface area contributed by atoms with Gasteiger partial charge in [-0.05, 0) is 79.7 Å². The van der Waals surface area contributed by atoms with Gasteiger partial charge < -0.3 is 19.9 Å². The maximum absolute atomic E-state index is 12.9. The number of fused-ring (bicyclic) bond motifs is 1. The standard InChI is InChI=1S/C29H40N4O3/c1-32(2)26-8-4-6-23(19-26)24(20-28(35)36-3)18-21-13-16-33(17-14-21)27(34)12-11-25-10-9-22-7-5-15-30-29(22)31-25/h4,6,8-10,19,21,24H,5,7,11-18,20H2,1-3H3,(H,30,31). The molecule has 0 spiro atoms. The molecule has 3 heterocycles. The zero-order valence-electron chi connectivity index (χ0n) is 22.0. The lowest BCUT2D eigenvalue weighted by Crippen LogP contribution is -2.39. The number of anilines is 2. The van der Waals surface area contributed by atoms with Gasteiger partial charge in [-0.3, -0.25) is 9.59 Å². The molecule has 1 unspecified atom stereocenters. The van der Waals surface area contributed by atoms with E-state index in [2.05, 4.69) is 46.6 Å². The molecule has 1 fully saturated rings. The highest BCUT2D eigenvalue weighted by Crippen LogP contribution is 2.34. The van der Waals surface area contributed by atoms with E-state index in [-0.39, 0.29) is 17.8 Å². The van der Waals surface area contributed by atoms with Crippen molar-refractivity contribution in [3.8, 4) is 0 Å². The van der Waals surface area contributed by atoms with Gasteiger partial charge in [0.15, 0.2) is 0 Å². The molecule has 1 aromatic carbocycles. The highest BCUT2D eigenvalue weighted by Gasteiger charge is 2.27. The number of carbonyl (C=O) groups is 2. The van der Waals surface area contributed by atoms with E-state index in [9.17, 15) is 9.59 Å². The number of rotatable bonds is 9. The molecule has 0 aliphatic carbocycles. The first-order chi connectivity index (χ1) is 17.4. The number of nitrogens with zero attached hydrogens (tertiary/aromatic N) is 3. The Labute approximate surface area is 215 Å². The molecule has 0 radical (unpaired) electrons. The number of hydrogen-bond donors (Lipinski definition) is 1. The summed E-state index contributed by atoms with van der Waals surface area (Å²) in [6, 6.07) is 12.7. The number of aromatic nitrogens is 1. The third-order valence-electron chi connectivity index (χ3n) is 7.63. The van der Waals surface area contributed by atoms with E-state index in [1.165, 1.54) is 18.2 Å². The number of ether oxygens (including phenoxy) is 1. The highest BCUT2D eigenvalue weighted by atomic mass is 16.5. The first-order valence-electron chi connectivity index (χ1n) is 13.3. The van der Waals surface area contributed by atoms with E-state index in [0.29, 0.717) is 25.2 Å². The lowest BCUT2D eigenvalue weighted by Gasteiger charge is -2.34. The molecule has 2 aromatic rings. The van der Waals surface area contributed by atoms with Crippen LogP contribution in [0.2, 0.25) is 0 Å². The van der Waals surface area contributed by atoms with E-state index in [4.69, 9.17) is 9.72 Å². The summed E-state index contributed by atoms with van der Waals surface area (Å²) in [6.45, 7) is 2.54. The maximum atomic E-state index is 12.9. The average Bonchev–Trinajstić information content (AvgIpc) is 2.91. The Kier molecular flexibility index (Phi) is 8.83. The molecule has 1 N–H and O–H groups in total. The SMILES string of the molecule is COC(=O)CC(CC1CCN(C(=O)CCc2ccc3c(n2)NCCC3)CC1)c1cccc(N(C)C)c1. The van der Waals surface area contributed by atoms with E-state index in [0.717, 1.165) is 68.9 Å². The first-order valence-corrected chi connectivity index (χ1v) is 13.3. The van der Waals surface area contributed by atoms with Gasteiger partial charge in [0.05, 0.1) is 13.5 Å². The lowest BCUT2D eigenvalue weighted by atomic mass is 9.82. The van der Waals surface area contributed by atoms with Crippen molar-refractivity contribution in [2.75, 3.05) is 51.1 Å². The smallest absolute Gasteiger partial charge is 0.306 e. The van der Waals surface area contributed by atoms with Crippen molar-refractivity contribution in [1.29, 1.82) is 0 Å². The molecule has 1 saturated heterocycles. The van der Waals surface area contributed by atoms with Crippen LogP contribution < -0.4 is 10.2 Å². The first kappa shape index (κ1) is 26.0. The molecule has 194 valence electrons. The lowest BCUT2D eigenvalue weighted by molar-refractivity contribution is -0.141. The molecule has 7 heteroatoms. The number of methoxy groups -OCH3 is 1. The largest absolute Gasteiger partial charge is 0.469 e. The number of hydrogen-bond acceptors (Lipinski definition) is 6. The second kappa shape index (κ2) is 12.2. The molecule has 7 nitrogen and oxygen atoms in total. The Morgan fingerprint density at radius 1 is 1.19 bits per heavy atom. The van der Waals surface area contributed by atoms with Crippen LogP contribution in [0, 0.1) is 5.92 Å². The number of aryl methyl sites for hydroxylation is 2. The summed E-state index contributed by atoms with van der Waals surface area (Å²) in [4.78, 5) is 33.9. The Balaban J connectivity index is 1.30. The van der Waals surface area contributed by atoms with Crippen LogP contribution in [0.4, 0.5) is 11.5 Å². The fraction of sp³-hybridized carbons (Fsp3) is 0.552. The van der Waals surface area contributed by atoms with E-state index < -0.39 is 0 Å². The van der Waals surface area contributed by atoms with E-state index >= 15 is 0 Å². The van der Waals surface area contributed by atoms with Crippen molar-refractivity contribution < 1.29 is 14.3 Å². The number of carbonyl (C=O) groups excluding carboxylic acids is 2. The minimum Gasteiger partial charge on any atom is -0.469 e. The topological polar surface area (TPSA) is 74.8 Å². The van der Waals surface area contributed by atoms with Crippen LogP contribution in [0.25, 0.3) is 0 Å². The number of likely N-dealkylation sites (tertiary alicyclic amines) is 1. The second-order valence-corrected chi connectivity index (χ2v) is 10.4. The minimum atomic E-state index is -0.172. The molecular formula is C29H40N4O3. The normalized spacial score (nSPS) is 16.6. The second-order valence-electron chi connectivity index (χ2n) is 10.4. The molecule has 4 rings (SSSR count). The van der Waals surface area contributed by atoms with Crippen LogP contribution in [-0.2, 0) is 27.2 Å². The van der Waals surface area contributed by atoms with Crippen LogP contribution >= 0.6 is 0 Å². The van der Waals surface area contributed by atoms with E-state index in [1.54, 1.807) is 0 Å². The van der Waals surface area contributed by atoms with Gasteiger partial charge in [-0.2, -0.15) is 0 Å². The van der Waals surface area contributed by atoms with Crippen molar-refractivity contribution in [3.05, 3.63) is 53.2 Å². The van der Waals surface area contributed by atoms with Crippen molar-refractivity contribution >= 4 is 23.4 Å². The number of nitrogens with one attached hydrogen (secondary N) is 1. The van der Waals surface area contributed by atoms with E-state index in [1.807, 2.05) is 19.0 Å². The molecule has 2 aliphatic heterocycles. The summed E-state index contributed by atoms with van der Waals surface area (Å²) < 4.78 is 5.00. The van der Waals surface area contributed by atoms with Crippen molar-refractivity contribution in [2.24, 2.45) is 5.92 Å². The Bertz CT molecular complexity index is 1050. The Hall–Kier alpha value is -3.09. The third-order valence-corrected chi connectivity index (χ3v) is 7.63. The fourth-order valence-corrected chi connectivity index (χ4v) is 5.40. The quantitative estimate of drug-likeness (QED) is 0.523. The van der Waals surface area contributed by atoms with Crippen LogP contribution in [-0.4, -0.2) is 62.6 Å². The zero-order valence-corrected chi connectivity index (χ0v) is 22.0. The van der Waals surface area contributed by atoms with Gasteiger partial charge in [-0.25, -0.2) is 4.98 Å². The van der Waals surface area contributed by atoms with Gasteiger partial charge in [0.1, 0.15) is 5.82 Å². The highest BCUT2D eigenvalue weighted by molar-refractivity contribution is 5.76. The predicted molar refractivity (Wildman–Crippen MR) is 143 cm³/mol. The summed E-state index contributed by atoms with van der Waals surface area (Å²) in [5.41, 5.74) is 4.57. The molecule has 1 aromatic heterocycles. The van der Waals surface area contributed by atoms with Gasteiger partial charge in [0.2, 0.25) is 5.91 Å². The van der Waals surface area contributed by atoms with Crippen molar-refractivity contribution in [1.82, 2.24) is 9.88 Å². The van der Waals surface area contributed by atoms with Gasteiger partial charge in [0.25, 0.3) is 0 Å². The molecule has 0 saturated carbocycles. The molecule has 1 amide bonds. The van der Waals surface area contributed by atoms with Gasteiger partial charge in [-0.1, -0.05) is 18.2 Å². The maximum Gasteiger partial charge on any atom is 0.306 e. The third kappa shape index (κ3) is 6.77. The number of benzene rings is 1. The monoisotopic (exact) mass is 492 g/mol. The summed E-state index contributed by atoms with van der Waals surface area (Å²) in [7, 11) is 5.51. The number of piperidine rings is 1. The van der Waals surface area contributed by atoms with Crippen molar-refractivity contribution in [3.63, 3.8) is 0 Å².